The largest absolute Gasteiger partial charge is 0.480 e. The van der Waals surface area contributed by atoms with E-state index in [1.807, 2.05) is 11.8 Å². The quantitative estimate of drug-likeness (QED) is 0.0504. The first kappa shape index (κ1) is 75.4. The highest BCUT2D eigenvalue weighted by Crippen LogP contribution is 2.34. The van der Waals surface area contributed by atoms with Crippen molar-refractivity contribution < 1.29 is 89.5 Å². The third-order valence-corrected chi connectivity index (χ3v) is 15.4. The number of hydrogen-bond acceptors (Lipinski definition) is 23. The minimum absolute atomic E-state index is 0.00574. The van der Waals surface area contributed by atoms with E-state index in [9.17, 15) is 28.0 Å². The fraction of sp³-hybridized carbons (Fsp3) is 0.677. The minimum atomic E-state index is -0.989. The number of carbonyl (C=O) groups is 4. The number of thioether (sulfide) groups is 1. The van der Waals surface area contributed by atoms with Gasteiger partial charge in [-0.05, 0) is 69.0 Å². The fourth-order valence-electron chi connectivity index (χ4n) is 9.07. The van der Waals surface area contributed by atoms with Crippen molar-refractivity contribution in [3.63, 3.8) is 0 Å². The summed E-state index contributed by atoms with van der Waals surface area (Å²) in [6.45, 7) is 14.6. The topological polar surface area (TPSA) is 293 Å². The van der Waals surface area contributed by atoms with Crippen molar-refractivity contribution in [1.29, 1.82) is 0 Å². The molecule has 0 spiro atoms. The second-order valence-electron chi connectivity index (χ2n) is 20.8. The molecule has 5 rings (SSSR count). The van der Waals surface area contributed by atoms with Crippen LogP contribution in [0.4, 0.5) is 8.78 Å². The molecule has 0 saturated carbocycles. The Kier molecular flexibility index (Phi) is 40.6. The molecule has 2 saturated heterocycles. The molecule has 1 aromatic heterocycles. The average molecular weight is 1300 g/mol. The number of hydrogen-bond donors (Lipinski definition) is 5. The average Bonchev–Trinajstić information content (AvgIpc) is 2.95. The zero-order valence-electron chi connectivity index (χ0n) is 52.0. The molecule has 3 aromatic rings. The number of nitrogens with one attached hydrogen (secondary N) is 4. The number of Topliss-reactive ketones (excluding diaryl/α,β-unsaturated/α-hetero) is 2. The molecule has 2 amide bonds. The Morgan fingerprint density at radius 3 is 1.71 bits per heavy atom. The number of benzene rings is 2. The van der Waals surface area contributed by atoms with Gasteiger partial charge in [-0.25, -0.2) is 13.5 Å². The molecule has 28 heteroatoms. The summed E-state index contributed by atoms with van der Waals surface area (Å²) in [5, 5.41) is 21.4. The summed E-state index contributed by atoms with van der Waals surface area (Å²) in [4.78, 5) is 51.1. The number of aromatic nitrogens is 3. The molecule has 506 valence electrons. The van der Waals surface area contributed by atoms with Crippen LogP contribution in [0.25, 0.3) is 5.69 Å². The molecule has 90 heavy (non-hydrogen) atoms. The van der Waals surface area contributed by atoms with Crippen LogP contribution in [-0.4, -0.2) is 246 Å². The van der Waals surface area contributed by atoms with Crippen molar-refractivity contribution >= 4 is 35.1 Å². The van der Waals surface area contributed by atoms with Crippen molar-refractivity contribution in [3.05, 3.63) is 84.0 Å². The van der Waals surface area contributed by atoms with Gasteiger partial charge in [0.05, 0.1) is 200 Å². The van der Waals surface area contributed by atoms with Crippen molar-refractivity contribution in [2.45, 2.75) is 87.6 Å². The zero-order chi connectivity index (χ0) is 63.9. The van der Waals surface area contributed by atoms with Crippen LogP contribution in [-0.2, 0) is 77.6 Å². The molecule has 2 aliphatic rings. The molecule has 0 radical (unpaired) electrons. The van der Waals surface area contributed by atoms with Gasteiger partial charge in [-0.15, -0.1) is 5.10 Å². The zero-order valence-corrected chi connectivity index (χ0v) is 52.8. The smallest absolute Gasteiger partial charge is 0.251 e. The molecule has 6 N–H and O–H groups in total. The van der Waals surface area contributed by atoms with E-state index in [2.05, 4.69) is 38.2 Å². The van der Waals surface area contributed by atoms with Gasteiger partial charge in [-0.3, -0.25) is 19.2 Å². The highest BCUT2D eigenvalue weighted by atomic mass is 32.2. The van der Waals surface area contributed by atoms with Crippen LogP contribution in [0.15, 0.2) is 61.1 Å². The molecule has 0 aliphatic carbocycles. The predicted molar refractivity (Wildman–Crippen MR) is 331 cm³/mol. The minimum Gasteiger partial charge on any atom is -0.480 e. The number of amides is 2. The van der Waals surface area contributed by atoms with E-state index in [0.29, 0.717) is 219 Å². The second-order valence-corrected chi connectivity index (χ2v) is 22.1. The lowest BCUT2D eigenvalue weighted by Gasteiger charge is -2.18. The van der Waals surface area contributed by atoms with Crippen LogP contribution in [0.2, 0.25) is 0 Å². The number of ether oxygens (including phenoxy) is 13. The Morgan fingerprint density at radius 2 is 1.17 bits per heavy atom. The number of nitrogens with two attached hydrogens (primary N) is 1. The summed E-state index contributed by atoms with van der Waals surface area (Å²) in [6, 6.07) is 9.72. The van der Waals surface area contributed by atoms with Crippen LogP contribution in [0.1, 0.15) is 73.8 Å². The Balaban J connectivity index is 0.696. The number of carbonyl (C=O) groups excluding carboxylic acids is 4. The number of fused-ring (bicyclic) bond motifs is 1. The summed E-state index contributed by atoms with van der Waals surface area (Å²) < 4.78 is 101. The Morgan fingerprint density at radius 1 is 0.644 bits per heavy atom. The predicted octanol–water partition coefficient (Wildman–Crippen LogP) is 3.71. The number of ketones is 2. The van der Waals surface area contributed by atoms with Gasteiger partial charge in [0, 0.05) is 48.8 Å². The maximum absolute atomic E-state index is 14.1. The Hall–Kier alpha value is -5.31. The first-order valence-corrected chi connectivity index (χ1v) is 32.3. The molecular weight excluding hydrogens is 1200 g/mol. The Bertz CT molecular complexity index is 2440. The van der Waals surface area contributed by atoms with Gasteiger partial charge in [-0.1, -0.05) is 30.3 Å². The van der Waals surface area contributed by atoms with Crippen LogP contribution in [0, 0.1) is 11.6 Å². The molecule has 25 nitrogen and oxygen atoms in total. The molecule has 3 heterocycles. The number of para-hydroxylation sites is 1. The highest BCUT2D eigenvalue weighted by molar-refractivity contribution is 8.00. The highest BCUT2D eigenvalue weighted by Gasteiger charge is 2.40. The van der Waals surface area contributed by atoms with Gasteiger partial charge in [0.25, 0.3) is 5.91 Å². The summed E-state index contributed by atoms with van der Waals surface area (Å²) in [6.07, 6.45) is 7.48. The molecular formula is C62H96F2N8O17S. The summed E-state index contributed by atoms with van der Waals surface area (Å²) >= 11 is 2.00. The lowest BCUT2D eigenvalue weighted by atomic mass is 10.0. The molecule has 0 bridgehead atoms. The van der Waals surface area contributed by atoms with Gasteiger partial charge in [-0.2, -0.15) is 11.8 Å². The van der Waals surface area contributed by atoms with Crippen molar-refractivity contribution in [2.75, 3.05) is 184 Å². The number of aryl methyl sites for hydroxylation is 1. The normalized spacial score (nSPS) is 15.6. The van der Waals surface area contributed by atoms with Gasteiger partial charge in [0.15, 0.2) is 23.2 Å². The summed E-state index contributed by atoms with van der Waals surface area (Å²) in [7, 11) is 0. The lowest BCUT2D eigenvalue weighted by Crippen LogP contribution is -2.43. The lowest BCUT2D eigenvalue weighted by molar-refractivity contribution is -0.123. The summed E-state index contributed by atoms with van der Waals surface area (Å²) in [5.74, 6) is -1.54. The van der Waals surface area contributed by atoms with Crippen LogP contribution < -0.4 is 31.7 Å². The third-order valence-electron chi connectivity index (χ3n) is 13.8. The third kappa shape index (κ3) is 33.3. The molecule has 0 unspecified atom stereocenters. The standard InChI is InChI=1S/C62H96F2N8O17S/c1-48-67-56-47-90-58(60(56)68-48)13-2-3-14-59(75)66-19-21-78-23-25-80-27-29-82-31-33-84-35-37-86-39-41-88-43-42-87-40-38-85-36-34-83-32-30-81-28-26-79-24-22-77-20-17-52(73)16-15-50-45-72(71-70-50)51-9-6-8-49(44-51)62(76)69-55(12-4-5-18-65)57(74)46-89-61-53(63)10-7-11-54(61)64/h6-11,44-45,55-56,58,60,67-68H,1-5,12-43,46-47,65H2,(H,66,75)(H,69,76)/t55-,56-,58-,60-/m0/s1. The number of halogens is 2. The van der Waals surface area contributed by atoms with Gasteiger partial charge in [0.2, 0.25) is 5.91 Å². The summed E-state index contributed by atoms with van der Waals surface area (Å²) in [5.41, 5.74) is 6.97. The van der Waals surface area contributed by atoms with Gasteiger partial charge < -0.3 is 88.6 Å². The first-order chi connectivity index (χ1) is 44.1. The maximum Gasteiger partial charge on any atom is 0.251 e. The van der Waals surface area contributed by atoms with Crippen molar-refractivity contribution in [2.24, 2.45) is 5.73 Å². The van der Waals surface area contributed by atoms with Crippen molar-refractivity contribution in [3.8, 4) is 11.4 Å². The van der Waals surface area contributed by atoms with E-state index in [1.165, 1.54) is 10.7 Å². The number of nitrogens with zero attached hydrogens (tertiary/aromatic N) is 3. The van der Waals surface area contributed by atoms with Gasteiger partial charge in [0.1, 0.15) is 12.4 Å². The van der Waals surface area contributed by atoms with E-state index in [-0.39, 0.29) is 43.1 Å². The molecule has 2 aliphatic heterocycles. The van der Waals surface area contributed by atoms with E-state index < -0.39 is 41.7 Å². The van der Waals surface area contributed by atoms with E-state index >= 15 is 0 Å². The maximum atomic E-state index is 14.1. The van der Waals surface area contributed by atoms with Gasteiger partial charge >= 0.3 is 0 Å². The monoisotopic (exact) mass is 1290 g/mol. The second kappa shape index (κ2) is 48.4. The van der Waals surface area contributed by atoms with Crippen LogP contribution in [0.5, 0.6) is 5.75 Å². The van der Waals surface area contributed by atoms with Crippen LogP contribution >= 0.6 is 11.8 Å². The first-order valence-electron chi connectivity index (χ1n) is 31.3. The van der Waals surface area contributed by atoms with E-state index in [4.69, 9.17) is 67.3 Å². The molecule has 2 fully saturated rings. The van der Waals surface area contributed by atoms with Crippen molar-refractivity contribution in [1.82, 2.24) is 36.3 Å². The Labute approximate surface area is 531 Å². The molecule has 4 atom stereocenters. The number of rotatable bonds is 58. The van der Waals surface area contributed by atoms with E-state index in [1.54, 1.807) is 30.5 Å². The fourth-order valence-corrected chi connectivity index (χ4v) is 10.6. The molecule has 2 aromatic carbocycles. The van der Waals surface area contributed by atoms with Crippen LogP contribution in [0.3, 0.4) is 0 Å². The number of unbranched alkanes of at least 4 members (excludes halogenated alkanes) is 2. The van der Waals surface area contributed by atoms with E-state index in [0.717, 1.165) is 43.0 Å². The SMILES string of the molecule is C=C1N[C@H]2[C@H](CS[C@H]2CCCCC(=O)NCCOCCOCCOCCOCCOCCOCCOCCOCCOCCOCCOCCOCCC(=O)CCc2cn(-c3cccc(C(=O)N[C@@H](CCCCN)C(=O)COc4c(F)cccc4F)c3)nn2)N1.